The first-order chi connectivity index (χ1) is 10.7. The second kappa shape index (κ2) is 6.45. The molecule has 6 nitrogen and oxygen atoms in total. The number of halogens is 3. The summed E-state index contributed by atoms with van der Waals surface area (Å²) in [5.41, 5.74) is -1.40. The summed E-state index contributed by atoms with van der Waals surface area (Å²) in [6, 6.07) is 4.23. The van der Waals surface area contributed by atoms with Gasteiger partial charge in [0, 0.05) is 31.6 Å². The summed E-state index contributed by atoms with van der Waals surface area (Å²) in [7, 11) is 0. The molecule has 0 spiro atoms. The first-order valence-electron chi connectivity index (χ1n) is 6.71. The molecule has 1 aliphatic heterocycles. The van der Waals surface area contributed by atoms with Gasteiger partial charge in [0.05, 0.1) is 0 Å². The lowest BCUT2D eigenvalue weighted by atomic mass is 9.89. The van der Waals surface area contributed by atoms with E-state index in [0.29, 0.717) is 0 Å². The van der Waals surface area contributed by atoms with Gasteiger partial charge in [-0.25, -0.2) is 4.79 Å². The molecule has 9 heteroatoms. The Hall–Kier alpha value is -2.29. The van der Waals surface area contributed by atoms with Crippen molar-refractivity contribution < 1.29 is 37.3 Å². The van der Waals surface area contributed by atoms with E-state index < -0.39 is 29.5 Å². The second-order valence-corrected chi connectivity index (χ2v) is 5.03. The molecular formula is C14H14F3NO5. The minimum Gasteiger partial charge on any atom is -0.480 e. The molecule has 126 valence electrons. The number of nitrogens with one attached hydrogen (secondary N) is 1. The summed E-state index contributed by atoms with van der Waals surface area (Å²) in [4.78, 5) is 23.6. The van der Waals surface area contributed by atoms with E-state index in [-0.39, 0.29) is 31.6 Å². The highest BCUT2D eigenvalue weighted by atomic mass is 19.4. The van der Waals surface area contributed by atoms with Gasteiger partial charge in [0.15, 0.2) is 0 Å². The lowest BCUT2D eigenvalue weighted by molar-refractivity contribution is -0.274. The molecule has 0 saturated carbocycles. The Bertz CT molecular complexity index is 579. The smallest absolute Gasteiger partial charge is 0.480 e. The predicted molar refractivity (Wildman–Crippen MR) is 71.0 cm³/mol. The Balaban J connectivity index is 2.09. The van der Waals surface area contributed by atoms with Crippen molar-refractivity contribution in [1.82, 2.24) is 5.32 Å². The van der Waals surface area contributed by atoms with E-state index in [9.17, 15) is 27.9 Å². The first kappa shape index (κ1) is 17.1. The Morgan fingerprint density at radius 1 is 1.17 bits per heavy atom. The zero-order valence-corrected chi connectivity index (χ0v) is 11.9. The van der Waals surface area contributed by atoms with E-state index >= 15 is 0 Å². The molecule has 0 unspecified atom stereocenters. The zero-order chi connectivity index (χ0) is 17.1. The van der Waals surface area contributed by atoms with Crippen LogP contribution in [0.2, 0.25) is 0 Å². The highest BCUT2D eigenvalue weighted by molar-refractivity contribution is 5.98. The first-order valence-corrected chi connectivity index (χ1v) is 6.71. The Kier molecular flexibility index (Phi) is 4.79. The summed E-state index contributed by atoms with van der Waals surface area (Å²) in [5, 5.41) is 11.8. The van der Waals surface area contributed by atoms with Gasteiger partial charge in [0.2, 0.25) is 0 Å². The fourth-order valence-corrected chi connectivity index (χ4v) is 2.21. The van der Waals surface area contributed by atoms with Crippen LogP contribution in [0.15, 0.2) is 24.3 Å². The van der Waals surface area contributed by atoms with Crippen LogP contribution in [0.4, 0.5) is 13.2 Å². The van der Waals surface area contributed by atoms with E-state index in [1.54, 1.807) is 0 Å². The molecule has 1 aliphatic rings. The Morgan fingerprint density at radius 2 is 1.74 bits per heavy atom. The summed E-state index contributed by atoms with van der Waals surface area (Å²) in [6.07, 6.45) is -4.59. The van der Waals surface area contributed by atoms with Crippen LogP contribution < -0.4 is 10.1 Å². The molecule has 0 bridgehead atoms. The number of amides is 1. The molecule has 2 N–H and O–H groups in total. The van der Waals surface area contributed by atoms with Crippen molar-refractivity contribution in [3.05, 3.63) is 29.8 Å². The van der Waals surface area contributed by atoms with Crippen molar-refractivity contribution in [2.75, 3.05) is 13.2 Å². The van der Waals surface area contributed by atoms with Crippen molar-refractivity contribution in [3.8, 4) is 5.75 Å². The fourth-order valence-electron chi connectivity index (χ4n) is 2.21. The lowest BCUT2D eigenvalue weighted by Crippen LogP contribution is -2.57. The van der Waals surface area contributed by atoms with E-state index in [0.717, 1.165) is 24.3 Å². The number of carboxylic acid groups (broad SMARTS) is 1. The standard InChI is InChI=1S/C14H14F3NO5/c15-14(16,17)23-10-3-1-9(2-4-10)11(19)18-13(12(20)21)5-7-22-8-6-13/h1-4H,5-8H2,(H,18,19)(H,20,21). The van der Waals surface area contributed by atoms with Gasteiger partial charge in [0.25, 0.3) is 5.91 Å². The molecule has 0 radical (unpaired) electrons. The third-order valence-corrected chi connectivity index (χ3v) is 3.46. The quantitative estimate of drug-likeness (QED) is 0.880. The molecule has 2 rings (SSSR count). The average molecular weight is 333 g/mol. The van der Waals surface area contributed by atoms with E-state index in [4.69, 9.17) is 4.74 Å². The molecule has 1 saturated heterocycles. The van der Waals surface area contributed by atoms with Crippen molar-refractivity contribution in [1.29, 1.82) is 0 Å². The van der Waals surface area contributed by atoms with Crippen LogP contribution in [-0.2, 0) is 9.53 Å². The maximum absolute atomic E-state index is 12.1. The Labute approximate surface area is 129 Å². The number of carboxylic acids is 1. The van der Waals surface area contributed by atoms with Crippen molar-refractivity contribution in [2.45, 2.75) is 24.7 Å². The van der Waals surface area contributed by atoms with Gasteiger partial charge in [-0.1, -0.05) is 0 Å². The lowest BCUT2D eigenvalue weighted by Gasteiger charge is -2.33. The SMILES string of the molecule is O=C(NC1(C(=O)O)CCOCC1)c1ccc(OC(F)(F)F)cc1. The van der Waals surface area contributed by atoms with Crippen molar-refractivity contribution >= 4 is 11.9 Å². The highest BCUT2D eigenvalue weighted by Crippen LogP contribution is 2.24. The molecule has 1 fully saturated rings. The van der Waals surface area contributed by atoms with Gasteiger partial charge >= 0.3 is 12.3 Å². The summed E-state index contributed by atoms with van der Waals surface area (Å²) in [5.74, 6) is -2.33. The third-order valence-electron chi connectivity index (χ3n) is 3.46. The second-order valence-electron chi connectivity index (χ2n) is 5.03. The molecule has 1 aromatic carbocycles. The van der Waals surface area contributed by atoms with E-state index in [1.165, 1.54) is 0 Å². The minimum atomic E-state index is -4.82. The van der Waals surface area contributed by atoms with Gasteiger partial charge < -0.3 is 19.9 Å². The summed E-state index contributed by atoms with van der Waals surface area (Å²) < 4.78 is 45.0. The highest BCUT2D eigenvalue weighted by Gasteiger charge is 2.41. The number of rotatable bonds is 4. The van der Waals surface area contributed by atoms with Crippen LogP contribution in [0, 0.1) is 0 Å². The maximum atomic E-state index is 12.1. The molecular weight excluding hydrogens is 319 g/mol. The maximum Gasteiger partial charge on any atom is 0.573 e. The molecule has 0 atom stereocenters. The van der Waals surface area contributed by atoms with Crippen LogP contribution in [0.25, 0.3) is 0 Å². The van der Waals surface area contributed by atoms with Gasteiger partial charge in [-0.2, -0.15) is 0 Å². The number of alkyl halides is 3. The Morgan fingerprint density at radius 3 is 2.22 bits per heavy atom. The predicted octanol–water partition coefficient (Wildman–Crippen LogP) is 1.95. The topological polar surface area (TPSA) is 84.9 Å². The summed E-state index contributed by atoms with van der Waals surface area (Å²) >= 11 is 0. The number of benzene rings is 1. The molecule has 0 aromatic heterocycles. The number of carbonyl (C=O) groups is 2. The van der Waals surface area contributed by atoms with Crippen molar-refractivity contribution in [3.63, 3.8) is 0 Å². The molecule has 0 aliphatic carbocycles. The van der Waals surface area contributed by atoms with Gasteiger partial charge in [-0.3, -0.25) is 4.79 Å². The van der Waals surface area contributed by atoms with E-state index in [2.05, 4.69) is 10.1 Å². The number of hydrogen-bond donors (Lipinski definition) is 2. The zero-order valence-electron chi connectivity index (χ0n) is 11.9. The fraction of sp³-hybridized carbons (Fsp3) is 0.429. The third kappa shape index (κ3) is 4.35. The van der Waals surface area contributed by atoms with Crippen LogP contribution in [0.1, 0.15) is 23.2 Å². The minimum absolute atomic E-state index is 0.0339. The number of carbonyl (C=O) groups excluding carboxylic acids is 1. The molecule has 1 amide bonds. The van der Waals surface area contributed by atoms with Crippen LogP contribution in [-0.4, -0.2) is 42.1 Å². The number of ether oxygens (including phenoxy) is 2. The summed E-state index contributed by atoms with van der Waals surface area (Å²) in [6.45, 7) is 0.399. The normalized spacial score (nSPS) is 17.3. The molecule has 1 heterocycles. The number of aliphatic carboxylic acids is 1. The number of hydrogen-bond acceptors (Lipinski definition) is 4. The van der Waals surface area contributed by atoms with Gasteiger partial charge in [-0.15, -0.1) is 13.2 Å². The van der Waals surface area contributed by atoms with E-state index in [1.807, 2.05) is 0 Å². The van der Waals surface area contributed by atoms with Crippen molar-refractivity contribution in [2.24, 2.45) is 0 Å². The average Bonchev–Trinajstić information content (AvgIpc) is 2.47. The molecule has 1 aromatic rings. The van der Waals surface area contributed by atoms with Crippen LogP contribution in [0.5, 0.6) is 5.75 Å². The van der Waals surface area contributed by atoms with Crippen LogP contribution >= 0.6 is 0 Å². The van der Waals surface area contributed by atoms with Crippen LogP contribution in [0.3, 0.4) is 0 Å². The largest absolute Gasteiger partial charge is 0.573 e. The monoisotopic (exact) mass is 333 g/mol. The van der Waals surface area contributed by atoms with Gasteiger partial charge in [-0.05, 0) is 24.3 Å². The van der Waals surface area contributed by atoms with Gasteiger partial charge in [0.1, 0.15) is 11.3 Å². The molecule has 23 heavy (non-hydrogen) atoms.